The van der Waals surface area contributed by atoms with Gasteiger partial charge in [-0.25, -0.2) is 4.98 Å². The van der Waals surface area contributed by atoms with Crippen molar-refractivity contribution in [2.45, 2.75) is 51.9 Å². The number of imidazole rings is 1. The lowest BCUT2D eigenvalue weighted by molar-refractivity contribution is -0.118. The van der Waals surface area contributed by atoms with Gasteiger partial charge in [-0.05, 0) is 6.42 Å². The van der Waals surface area contributed by atoms with Crippen LogP contribution in [0, 0.1) is 0 Å². The maximum Gasteiger partial charge on any atom is 0.140 e. The number of hydrogen-bond acceptors (Lipinski definition) is 2. The van der Waals surface area contributed by atoms with Crippen LogP contribution in [0.5, 0.6) is 0 Å². The Morgan fingerprint density at radius 1 is 1.33 bits per heavy atom. The van der Waals surface area contributed by atoms with Gasteiger partial charge in [0.25, 0.3) is 0 Å². The molecule has 0 unspecified atom stereocenters. The molecule has 0 amide bonds. The van der Waals surface area contributed by atoms with Crippen molar-refractivity contribution in [2.75, 3.05) is 0 Å². The van der Waals surface area contributed by atoms with Crippen LogP contribution in [0.1, 0.15) is 51.3 Å². The van der Waals surface area contributed by atoms with Crippen molar-refractivity contribution >= 4 is 5.78 Å². The summed E-state index contributed by atoms with van der Waals surface area (Å²) in [5.41, 5.74) is 0. The molecule has 1 aromatic rings. The highest BCUT2D eigenvalue weighted by atomic mass is 16.1. The molecule has 1 aromatic heterocycles. The third-order valence-corrected chi connectivity index (χ3v) is 2.48. The molecule has 0 aromatic carbocycles. The fourth-order valence-electron chi connectivity index (χ4n) is 1.60. The highest BCUT2D eigenvalue weighted by molar-refractivity contribution is 5.79. The molecule has 0 fully saturated rings. The number of rotatable bonds is 8. The first-order valence-corrected chi connectivity index (χ1v) is 5.83. The Labute approximate surface area is 91.3 Å². The Morgan fingerprint density at radius 3 is 2.80 bits per heavy atom. The molecular formula is C12H20N2O. The van der Waals surface area contributed by atoms with Crippen LogP contribution in [-0.2, 0) is 11.2 Å². The van der Waals surface area contributed by atoms with Gasteiger partial charge < -0.3 is 4.98 Å². The highest BCUT2D eigenvalue weighted by Crippen LogP contribution is 2.06. The number of Topliss-reactive ketones (excluding diaryl/α,β-unsaturated/α-hetero) is 1. The van der Waals surface area contributed by atoms with Crippen LogP contribution in [0.4, 0.5) is 0 Å². The van der Waals surface area contributed by atoms with Crippen molar-refractivity contribution in [3.63, 3.8) is 0 Å². The molecule has 1 N–H and O–H groups in total. The number of aromatic nitrogens is 2. The number of H-pyrrole nitrogens is 1. The first kappa shape index (κ1) is 12.0. The predicted octanol–water partition coefficient (Wildman–Crippen LogP) is 2.88. The second kappa shape index (κ2) is 7.21. The van der Waals surface area contributed by atoms with Crippen molar-refractivity contribution in [1.29, 1.82) is 0 Å². The minimum Gasteiger partial charge on any atom is -0.348 e. The Balaban J connectivity index is 2.04. The number of unbranched alkanes of at least 4 members (excludes halogenated alkanes) is 4. The number of carbonyl (C=O) groups is 1. The quantitative estimate of drug-likeness (QED) is 0.668. The fourth-order valence-corrected chi connectivity index (χ4v) is 1.60. The highest BCUT2D eigenvalue weighted by Gasteiger charge is 2.04. The average molecular weight is 208 g/mol. The Hall–Kier alpha value is -1.12. The summed E-state index contributed by atoms with van der Waals surface area (Å²) in [5.74, 6) is 1.08. The van der Waals surface area contributed by atoms with Crippen LogP contribution in [0.2, 0.25) is 0 Å². The number of nitrogens with zero attached hydrogens (tertiary/aromatic N) is 1. The van der Waals surface area contributed by atoms with E-state index in [-0.39, 0.29) is 0 Å². The van der Waals surface area contributed by atoms with E-state index < -0.39 is 0 Å². The molecule has 3 heteroatoms. The Morgan fingerprint density at radius 2 is 2.13 bits per heavy atom. The van der Waals surface area contributed by atoms with Crippen LogP contribution in [0.25, 0.3) is 0 Å². The molecule has 1 heterocycles. The lowest BCUT2D eigenvalue weighted by atomic mass is 10.1. The Kier molecular flexibility index (Phi) is 5.74. The van der Waals surface area contributed by atoms with E-state index in [9.17, 15) is 4.79 Å². The molecule has 0 atom stereocenters. The van der Waals surface area contributed by atoms with Gasteiger partial charge in [-0.3, -0.25) is 4.79 Å². The summed E-state index contributed by atoms with van der Waals surface area (Å²) in [6.07, 6.45) is 10.6. The van der Waals surface area contributed by atoms with E-state index in [1.54, 1.807) is 12.4 Å². The SMILES string of the molecule is CCCCCCCC(=O)Cc1ncc[nH]1. The summed E-state index contributed by atoms with van der Waals surface area (Å²) in [7, 11) is 0. The van der Waals surface area contributed by atoms with Crippen molar-refractivity contribution in [3.05, 3.63) is 18.2 Å². The molecule has 3 nitrogen and oxygen atoms in total. The maximum absolute atomic E-state index is 11.5. The minimum absolute atomic E-state index is 0.293. The van der Waals surface area contributed by atoms with Crippen LogP contribution >= 0.6 is 0 Å². The number of hydrogen-bond donors (Lipinski definition) is 1. The second-order valence-corrected chi connectivity index (χ2v) is 3.92. The van der Waals surface area contributed by atoms with Gasteiger partial charge in [0, 0.05) is 18.8 Å². The summed E-state index contributed by atoms with van der Waals surface area (Å²) >= 11 is 0. The monoisotopic (exact) mass is 208 g/mol. The summed E-state index contributed by atoms with van der Waals surface area (Å²) < 4.78 is 0. The Bertz CT molecular complexity index is 267. The molecule has 15 heavy (non-hydrogen) atoms. The number of nitrogens with one attached hydrogen (secondary N) is 1. The van der Waals surface area contributed by atoms with Crippen LogP contribution in [0.15, 0.2) is 12.4 Å². The van der Waals surface area contributed by atoms with E-state index in [4.69, 9.17) is 0 Å². The van der Waals surface area contributed by atoms with E-state index >= 15 is 0 Å². The molecule has 1 rings (SSSR count). The largest absolute Gasteiger partial charge is 0.348 e. The lowest BCUT2D eigenvalue weighted by Gasteiger charge is -1.99. The van der Waals surface area contributed by atoms with Crippen molar-refractivity contribution in [3.8, 4) is 0 Å². The van der Waals surface area contributed by atoms with E-state index in [0.717, 1.165) is 12.2 Å². The third kappa shape index (κ3) is 5.35. The first-order chi connectivity index (χ1) is 7.33. The topological polar surface area (TPSA) is 45.8 Å². The minimum atomic E-state index is 0.293. The smallest absolute Gasteiger partial charge is 0.140 e. The zero-order chi connectivity index (χ0) is 10.9. The normalized spacial score (nSPS) is 10.5. The third-order valence-electron chi connectivity index (χ3n) is 2.48. The summed E-state index contributed by atoms with van der Waals surface area (Å²) in [5, 5.41) is 0. The zero-order valence-electron chi connectivity index (χ0n) is 9.46. The summed E-state index contributed by atoms with van der Waals surface area (Å²) in [6.45, 7) is 2.20. The van der Waals surface area contributed by atoms with Crippen molar-refractivity contribution < 1.29 is 4.79 Å². The van der Waals surface area contributed by atoms with E-state index in [0.29, 0.717) is 18.6 Å². The van der Waals surface area contributed by atoms with E-state index in [1.165, 1.54) is 25.7 Å². The maximum atomic E-state index is 11.5. The van der Waals surface area contributed by atoms with Gasteiger partial charge in [0.2, 0.25) is 0 Å². The van der Waals surface area contributed by atoms with Gasteiger partial charge in [-0.1, -0.05) is 32.6 Å². The van der Waals surface area contributed by atoms with Gasteiger partial charge in [0.15, 0.2) is 0 Å². The van der Waals surface area contributed by atoms with E-state index in [1.807, 2.05) is 0 Å². The molecule has 0 bridgehead atoms. The van der Waals surface area contributed by atoms with Gasteiger partial charge in [-0.2, -0.15) is 0 Å². The summed E-state index contributed by atoms with van der Waals surface area (Å²) in [6, 6.07) is 0. The van der Waals surface area contributed by atoms with Crippen LogP contribution in [0.3, 0.4) is 0 Å². The van der Waals surface area contributed by atoms with Crippen LogP contribution < -0.4 is 0 Å². The van der Waals surface area contributed by atoms with Gasteiger partial charge >= 0.3 is 0 Å². The molecule has 84 valence electrons. The predicted molar refractivity (Wildman–Crippen MR) is 60.7 cm³/mol. The van der Waals surface area contributed by atoms with Gasteiger partial charge in [-0.15, -0.1) is 0 Å². The lowest BCUT2D eigenvalue weighted by Crippen LogP contribution is -2.03. The molecule has 0 radical (unpaired) electrons. The van der Waals surface area contributed by atoms with Gasteiger partial charge in [0.1, 0.15) is 11.6 Å². The molecular weight excluding hydrogens is 188 g/mol. The molecule has 0 aliphatic carbocycles. The molecule has 0 spiro atoms. The molecule has 0 saturated carbocycles. The van der Waals surface area contributed by atoms with Crippen LogP contribution in [-0.4, -0.2) is 15.8 Å². The summed E-state index contributed by atoms with van der Waals surface area (Å²) in [4.78, 5) is 18.5. The number of ketones is 1. The number of aromatic amines is 1. The standard InChI is InChI=1S/C12H20N2O/c1-2-3-4-5-6-7-11(15)10-12-13-8-9-14-12/h8-9H,2-7,10H2,1H3,(H,13,14). The van der Waals surface area contributed by atoms with Crippen molar-refractivity contribution in [1.82, 2.24) is 9.97 Å². The molecule has 0 saturated heterocycles. The number of carbonyl (C=O) groups excluding carboxylic acids is 1. The average Bonchev–Trinajstić information content (AvgIpc) is 2.70. The second-order valence-electron chi connectivity index (χ2n) is 3.92. The van der Waals surface area contributed by atoms with Crippen molar-refractivity contribution in [2.24, 2.45) is 0 Å². The van der Waals surface area contributed by atoms with E-state index in [2.05, 4.69) is 16.9 Å². The van der Waals surface area contributed by atoms with Gasteiger partial charge in [0.05, 0.1) is 6.42 Å². The molecule has 0 aliphatic rings. The first-order valence-electron chi connectivity index (χ1n) is 5.83. The molecule has 0 aliphatic heterocycles. The fraction of sp³-hybridized carbons (Fsp3) is 0.667. The zero-order valence-corrected chi connectivity index (χ0v) is 9.46.